The van der Waals surface area contributed by atoms with Gasteiger partial charge < -0.3 is 0 Å². The van der Waals surface area contributed by atoms with Crippen molar-refractivity contribution >= 4 is 0 Å². The molecule has 0 saturated heterocycles. The Labute approximate surface area is 225 Å². The van der Waals surface area contributed by atoms with Crippen LogP contribution in [0.4, 0.5) is 0 Å². The van der Waals surface area contributed by atoms with Gasteiger partial charge in [-0.1, -0.05) is 138 Å². The number of rotatable bonds is 15. The van der Waals surface area contributed by atoms with E-state index in [4.69, 9.17) is 0 Å². The second-order valence-corrected chi connectivity index (χ2v) is 10.8. The Morgan fingerprint density at radius 3 is 1.92 bits per heavy atom. The normalized spacial score (nSPS) is 13.8. The number of unbranched alkanes of at least 4 members (excludes halogenated alkanes) is 7. The molecule has 0 fully saturated rings. The first-order valence-corrected chi connectivity index (χ1v) is 14.4. The number of aromatic nitrogens is 2. The van der Waals surface area contributed by atoms with Crippen LogP contribution in [0.25, 0.3) is 5.69 Å². The zero-order chi connectivity index (χ0) is 25.8. The highest BCUT2D eigenvalue weighted by Gasteiger charge is 2.40. The molecule has 0 radical (unpaired) electrons. The lowest BCUT2D eigenvalue weighted by Crippen LogP contribution is -2.50. The summed E-state index contributed by atoms with van der Waals surface area (Å²) < 4.78 is 4.75. The maximum Gasteiger partial charge on any atom is 0.249 e. The maximum atomic E-state index is 2.49. The molecular formula is C35H45N2+. The van der Waals surface area contributed by atoms with Crippen molar-refractivity contribution < 1.29 is 4.57 Å². The van der Waals surface area contributed by atoms with Gasteiger partial charge in [0.05, 0.1) is 0 Å². The summed E-state index contributed by atoms with van der Waals surface area (Å²) in [7, 11) is 0. The standard InChI is InChI=1S/C35H45N2/c1-3-4-5-6-7-8-9-19-26-34(37-28-27-36(30-37)33-24-17-12-18-25-33)35(2,32-22-15-11-16-23-32)29-31-20-13-10-14-21-31/h10-18,20-25,27-28,30,34H,3-9,19,26,29H2,1-2H3/q+1. The second-order valence-electron chi connectivity index (χ2n) is 10.8. The van der Waals surface area contributed by atoms with Gasteiger partial charge in [0.15, 0.2) is 0 Å². The molecule has 1 aromatic heterocycles. The molecule has 1 heterocycles. The third-order valence-corrected chi connectivity index (χ3v) is 7.99. The van der Waals surface area contributed by atoms with Crippen LogP contribution in [0.1, 0.15) is 88.8 Å². The van der Waals surface area contributed by atoms with Gasteiger partial charge >= 0.3 is 0 Å². The average Bonchev–Trinajstić information content (AvgIpc) is 3.43. The van der Waals surface area contributed by atoms with Gasteiger partial charge in [0.25, 0.3) is 0 Å². The summed E-state index contributed by atoms with van der Waals surface area (Å²) in [5, 5.41) is 0. The molecule has 194 valence electrons. The Morgan fingerprint density at radius 1 is 0.703 bits per heavy atom. The van der Waals surface area contributed by atoms with Crippen molar-refractivity contribution in [2.24, 2.45) is 0 Å². The molecule has 0 bridgehead atoms. The van der Waals surface area contributed by atoms with Crippen LogP contribution in [-0.4, -0.2) is 4.57 Å². The first kappa shape index (κ1) is 26.9. The summed E-state index contributed by atoms with van der Waals surface area (Å²) >= 11 is 0. The molecule has 0 aliphatic rings. The molecule has 2 unspecified atom stereocenters. The minimum atomic E-state index is -0.0305. The third-order valence-electron chi connectivity index (χ3n) is 7.99. The van der Waals surface area contributed by atoms with Gasteiger partial charge in [0.2, 0.25) is 6.33 Å². The molecule has 0 amide bonds. The van der Waals surface area contributed by atoms with E-state index in [2.05, 4.69) is 133 Å². The molecule has 2 nitrogen and oxygen atoms in total. The van der Waals surface area contributed by atoms with Gasteiger partial charge in [0, 0.05) is 5.41 Å². The van der Waals surface area contributed by atoms with E-state index >= 15 is 0 Å². The molecule has 4 aromatic rings. The quantitative estimate of drug-likeness (QED) is 0.115. The van der Waals surface area contributed by atoms with E-state index in [1.165, 1.54) is 74.6 Å². The van der Waals surface area contributed by atoms with Gasteiger partial charge in [0.1, 0.15) is 24.1 Å². The number of hydrogen-bond acceptors (Lipinski definition) is 0. The number of benzene rings is 3. The molecular weight excluding hydrogens is 448 g/mol. The predicted octanol–water partition coefficient (Wildman–Crippen LogP) is 9.04. The molecule has 0 N–H and O–H groups in total. The molecule has 2 atom stereocenters. The SMILES string of the molecule is CCCCCCCCCCC([n+]1ccn(-c2ccccc2)c1)C(C)(Cc1ccccc1)c1ccccc1. The molecule has 0 saturated carbocycles. The molecule has 0 aliphatic carbocycles. The molecule has 37 heavy (non-hydrogen) atoms. The van der Waals surface area contributed by atoms with E-state index in [0.29, 0.717) is 6.04 Å². The second kappa shape index (κ2) is 14.0. The van der Waals surface area contributed by atoms with Crippen LogP contribution >= 0.6 is 0 Å². The minimum absolute atomic E-state index is 0.0305. The lowest BCUT2D eigenvalue weighted by molar-refractivity contribution is -0.732. The first-order valence-electron chi connectivity index (χ1n) is 14.4. The summed E-state index contributed by atoms with van der Waals surface area (Å²) in [6.45, 7) is 4.78. The zero-order valence-corrected chi connectivity index (χ0v) is 22.9. The van der Waals surface area contributed by atoms with Gasteiger partial charge in [-0.2, -0.15) is 0 Å². The average molecular weight is 494 g/mol. The monoisotopic (exact) mass is 493 g/mol. The summed E-state index contributed by atoms with van der Waals surface area (Å²) in [4.78, 5) is 0. The Balaban J connectivity index is 1.60. The van der Waals surface area contributed by atoms with Crippen molar-refractivity contribution in [1.82, 2.24) is 4.57 Å². The van der Waals surface area contributed by atoms with Gasteiger partial charge in [-0.15, -0.1) is 0 Å². The van der Waals surface area contributed by atoms with Crippen LogP contribution in [0.2, 0.25) is 0 Å². The number of nitrogens with zero attached hydrogens (tertiary/aromatic N) is 2. The van der Waals surface area contributed by atoms with Gasteiger partial charge in [-0.05, 0) is 42.5 Å². The van der Waals surface area contributed by atoms with Crippen LogP contribution < -0.4 is 4.57 Å². The number of imidazole rings is 1. The predicted molar refractivity (Wildman–Crippen MR) is 156 cm³/mol. The summed E-state index contributed by atoms with van der Waals surface area (Å²) in [6.07, 6.45) is 19.8. The van der Waals surface area contributed by atoms with Crippen molar-refractivity contribution in [2.75, 3.05) is 0 Å². The lowest BCUT2D eigenvalue weighted by Gasteiger charge is -2.37. The van der Waals surface area contributed by atoms with Crippen molar-refractivity contribution in [2.45, 2.75) is 89.5 Å². The summed E-state index contributed by atoms with van der Waals surface area (Å²) in [5.41, 5.74) is 4.00. The molecule has 4 rings (SSSR count). The highest BCUT2D eigenvalue weighted by molar-refractivity contribution is 5.31. The Hall–Kier alpha value is -3.13. The fourth-order valence-electron chi connectivity index (χ4n) is 5.83. The lowest BCUT2D eigenvalue weighted by atomic mass is 9.70. The van der Waals surface area contributed by atoms with E-state index in [1.54, 1.807) is 0 Å². The largest absolute Gasteiger partial charge is 0.249 e. The van der Waals surface area contributed by atoms with E-state index in [0.717, 1.165) is 6.42 Å². The van der Waals surface area contributed by atoms with Gasteiger partial charge in [-0.25, -0.2) is 9.13 Å². The van der Waals surface area contributed by atoms with Gasteiger partial charge in [-0.3, -0.25) is 0 Å². The van der Waals surface area contributed by atoms with E-state index in [1.807, 2.05) is 0 Å². The number of para-hydroxylation sites is 1. The van der Waals surface area contributed by atoms with Crippen LogP contribution in [-0.2, 0) is 11.8 Å². The van der Waals surface area contributed by atoms with Crippen molar-refractivity contribution in [3.8, 4) is 5.69 Å². The maximum absolute atomic E-state index is 2.49. The fourth-order valence-corrected chi connectivity index (χ4v) is 5.83. The summed E-state index contributed by atoms with van der Waals surface area (Å²) in [5.74, 6) is 0. The van der Waals surface area contributed by atoms with Crippen LogP contribution in [0.3, 0.4) is 0 Å². The molecule has 3 aromatic carbocycles. The fraction of sp³-hybridized carbons (Fsp3) is 0.400. The van der Waals surface area contributed by atoms with E-state index in [9.17, 15) is 0 Å². The zero-order valence-electron chi connectivity index (χ0n) is 22.9. The van der Waals surface area contributed by atoms with E-state index in [-0.39, 0.29) is 5.41 Å². The highest BCUT2D eigenvalue weighted by Crippen LogP contribution is 2.39. The summed E-state index contributed by atoms with van der Waals surface area (Å²) in [6, 6.07) is 33.3. The highest BCUT2D eigenvalue weighted by atomic mass is 15.1. The Kier molecular flexibility index (Phi) is 10.2. The van der Waals surface area contributed by atoms with E-state index < -0.39 is 0 Å². The van der Waals surface area contributed by atoms with Crippen molar-refractivity contribution in [3.63, 3.8) is 0 Å². The Bertz CT molecular complexity index is 1150. The molecule has 0 spiro atoms. The van der Waals surface area contributed by atoms with Crippen LogP contribution in [0, 0.1) is 0 Å². The number of hydrogen-bond donors (Lipinski definition) is 0. The smallest absolute Gasteiger partial charge is 0.233 e. The topological polar surface area (TPSA) is 8.81 Å². The van der Waals surface area contributed by atoms with Crippen molar-refractivity contribution in [3.05, 3.63) is 121 Å². The van der Waals surface area contributed by atoms with Crippen LogP contribution in [0.15, 0.2) is 110 Å². The third kappa shape index (κ3) is 7.44. The molecule has 2 heteroatoms. The van der Waals surface area contributed by atoms with Crippen LogP contribution in [0.5, 0.6) is 0 Å². The minimum Gasteiger partial charge on any atom is -0.233 e. The first-order chi connectivity index (χ1) is 18.2. The molecule has 0 aliphatic heterocycles. The Morgan fingerprint density at radius 2 is 1.27 bits per heavy atom. The van der Waals surface area contributed by atoms with Crippen molar-refractivity contribution in [1.29, 1.82) is 0 Å².